The molecular formula is C13H17NO3. The molecule has 1 aliphatic rings. The molecule has 0 saturated carbocycles. The van der Waals surface area contributed by atoms with Crippen LogP contribution in [-0.2, 0) is 9.78 Å². The molecule has 0 amide bonds. The third-order valence-electron chi connectivity index (χ3n) is 3.06. The van der Waals surface area contributed by atoms with E-state index in [1.165, 1.54) is 25.6 Å². The van der Waals surface area contributed by atoms with Crippen LogP contribution in [0.4, 0.5) is 5.69 Å². The molecule has 1 aromatic rings. The van der Waals surface area contributed by atoms with E-state index >= 15 is 0 Å². The minimum absolute atomic E-state index is 0.446. The Morgan fingerprint density at radius 1 is 1.29 bits per heavy atom. The molecule has 0 aromatic heterocycles. The van der Waals surface area contributed by atoms with Gasteiger partial charge in [-0.05, 0) is 43.5 Å². The molecule has 1 aromatic carbocycles. The topological polar surface area (TPSA) is 38.8 Å². The van der Waals surface area contributed by atoms with E-state index in [1.54, 1.807) is 6.07 Å². The number of anilines is 1. The molecule has 2 rings (SSSR count). The van der Waals surface area contributed by atoms with E-state index in [-0.39, 0.29) is 0 Å². The third kappa shape index (κ3) is 2.58. The van der Waals surface area contributed by atoms with Crippen molar-refractivity contribution in [3.63, 3.8) is 0 Å². The second-order valence-electron chi connectivity index (χ2n) is 4.23. The zero-order chi connectivity index (χ0) is 12.3. The fourth-order valence-corrected chi connectivity index (χ4v) is 2.17. The first-order valence-corrected chi connectivity index (χ1v) is 5.83. The summed E-state index contributed by atoms with van der Waals surface area (Å²) in [6.07, 6.45) is 2.49. The van der Waals surface area contributed by atoms with Gasteiger partial charge in [0.15, 0.2) is 0 Å². The van der Waals surface area contributed by atoms with E-state index in [0.717, 1.165) is 18.7 Å². The van der Waals surface area contributed by atoms with Crippen molar-refractivity contribution in [2.24, 2.45) is 0 Å². The fraction of sp³-hybridized carbons (Fsp3) is 0.462. The molecule has 0 bridgehead atoms. The molecule has 4 nitrogen and oxygen atoms in total. The Bertz CT molecular complexity index is 411. The molecule has 0 spiro atoms. The smallest absolute Gasteiger partial charge is 0.372 e. The first kappa shape index (κ1) is 11.9. The van der Waals surface area contributed by atoms with E-state index in [9.17, 15) is 4.79 Å². The summed E-state index contributed by atoms with van der Waals surface area (Å²) in [5, 5.41) is 0. The second kappa shape index (κ2) is 5.19. The molecular weight excluding hydrogens is 218 g/mol. The third-order valence-corrected chi connectivity index (χ3v) is 3.06. The van der Waals surface area contributed by atoms with Gasteiger partial charge in [0.2, 0.25) is 0 Å². The average Bonchev–Trinajstić information content (AvgIpc) is 2.82. The van der Waals surface area contributed by atoms with Crippen molar-refractivity contribution in [2.75, 3.05) is 25.1 Å². The number of carbonyl (C=O) groups excluding carboxylic acids is 1. The van der Waals surface area contributed by atoms with Gasteiger partial charge in [-0.25, -0.2) is 4.79 Å². The molecule has 0 unspecified atom stereocenters. The number of aryl methyl sites for hydroxylation is 1. The van der Waals surface area contributed by atoms with Crippen molar-refractivity contribution in [3.8, 4) is 0 Å². The number of hydrogen-bond donors (Lipinski definition) is 0. The Morgan fingerprint density at radius 3 is 2.59 bits per heavy atom. The predicted molar refractivity (Wildman–Crippen MR) is 65.1 cm³/mol. The molecule has 1 aliphatic heterocycles. The van der Waals surface area contributed by atoms with Gasteiger partial charge in [0.25, 0.3) is 0 Å². The van der Waals surface area contributed by atoms with Crippen LogP contribution in [0.2, 0.25) is 0 Å². The second-order valence-corrected chi connectivity index (χ2v) is 4.23. The first-order valence-electron chi connectivity index (χ1n) is 5.83. The van der Waals surface area contributed by atoms with E-state index < -0.39 is 5.97 Å². The number of nitrogens with zero attached hydrogens (tertiary/aromatic N) is 1. The summed E-state index contributed by atoms with van der Waals surface area (Å²) < 4.78 is 0. The Kier molecular flexibility index (Phi) is 3.64. The van der Waals surface area contributed by atoms with Crippen LogP contribution in [0.15, 0.2) is 18.2 Å². The maximum atomic E-state index is 11.5. The SMILES string of the molecule is COOC(=O)c1ccc(N2CCCC2)cc1C. The van der Waals surface area contributed by atoms with E-state index in [1.807, 2.05) is 19.1 Å². The van der Waals surface area contributed by atoms with Crippen LogP contribution in [-0.4, -0.2) is 26.2 Å². The molecule has 17 heavy (non-hydrogen) atoms. The van der Waals surface area contributed by atoms with Crippen molar-refractivity contribution in [3.05, 3.63) is 29.3 Å². The van der Waals surface area contributed by atoms with Gasteiger partial charge < -0.3 is 4.90 Å². The predicted octanol–water partition coefficient (Wildman–Crippen LogP) is 2.31. The zero-order valence-corrected chi connectivity index (χ0v) is 10.2. The Balaban J connectivity index is 2.19. The summed E-state index contributed by atoms with van der Waals surface area (Å²) in [4.78, 5) is 22.8. The highest BCUT2D eigenvalue weighted by atomic mass is 17.2. The lowest BCUT2D eigenvalue weighted by Crippen LogP contribution is -2.18. The van der Waals surface area contributed by atoms with E-state index in [4.69, 9.17) is 0 Å². The number of benzene rings is 1. The Hall–Kier alpha value is -1.55. The van der Waals surface area contributed by atoms with Crippen molar-refractivity contribution in [1.29, 1.82) is 0 Å². The van der Waals surface area contributed by atoms with Gasteiger partial charge in [-0.1, -0.05) is 0 Å². The summed E-state index contributed by atoms with van der Waals surface area (Å²) in [7, 11) is 1.33. The Labute approximate surface area is 101 Å². The van der Waals surface area contributed by atoms with Gasteiger partial charge in [-0.15, -0.1) is 0 Å². The molecule has 1 fully saturated rings. The summed E-state index contributed by atoms with van der Waals surface area (Å²) >= 11 is 0. The molecule has 0 aliphatic carbocycles. The van der Waals surface area contributed by atoms with Crippen molar-refractivity contribution in [1.82, 2.24) is 0 Å². The molecule has 0 radical (unpaired) electrons. The van der Waals surface area contributed by atoms with Gasteiger partial charge in [-0.3, -0.25) is 4.89 Å². The summed E-state index contributed by atoms with van der Waals surface area (Å²) in [6, 6.07) is 5.78. The largest absolute Gasteiger partial charge is 0.373 e. The monoisotopic (exact) mass is 235 g/mol. The normalized spacial score (nSPS) is 15.1. The van der Waals surface area contributed by atoms with Crippen LogP contribution in [0.3, 0.4) is 0 Å². The lowest BCUT2D eigenvalue weighted by atomic mass is 10.1. The molecule has 1 saturated heterocycles. The maximum absolute atomic E-state index is 11.5. The lowest BCUT2D eigenvalue weighted by Gasteiger charge is -2.18. The van der Waals surface area contributed by atoms with Crippen LogP contribution in [0.5, 0.6) is 0 Å². The highest BCUT2D eigenvalue weighted by Gasteiger charge is 2.16. The maximum Gasteiger partial charge on any atom is 0.373 e. The van der Waals surface area contributed by atoms with Gasteiger partial charge in [0, 0.05) is 18.8 Å². The number of rotatable bonds is 3. The van der Waals surface area contributed by atoms with Gasteiger partial charge in [0.05, 0.1) is 12.7 Å². The van der Waals surface area contributed by atoms with Gasteiger partial charge in [-0.2, -0.15) is 4.89 Å². The van der Waals surface area contributed by atoms with E-state index in [0.29, 0.717) is 5.56 Å². The average molecular weight is 235 g/mol. The summed E-state index contributed by atoms with van der Waals surface area (Å²) in [5.41, 5.74) is 2.64. The van der Waals surface area contributed by atoms with Crippen LogP contribution in [0.1, 0.15) is 28.8 Å². The summed E-state index contributed by atoms with van der Waals surface area (Å²) in [5.74, 6) is -0.446. The van der Waals surface area contributed by atoms with Crippen LogP contribution < -0.4 is 4.90 Å². The van der Waals surface area contributed by atoms with Crippen molar-refractivity contribution < 1.29 is 14.6 Å². The van der Waals surface area contributed by atoms with Gasteiger partial charge >= 0.3 is 5.97 Å². The number of hydrogen-bond acceptors (Lipinski definition) is 4. The quantitative estimate of drug-likeness (QED) is 0.595. The van der Waals surface area contributed by atoms with Crippen LogP contribution >= 0.6 is 0 Å². The standard InChI is InChI=1S/C13H17NO3/c1-10-9-11(14-7-3-4-8-14)5-6-12(10)13(15)17-16-2/h5-6,9H,3-4,7-8H2,1-2H3. The highest BCUT2D eigenvalue weighted by Crippen LogP contribution is 2.23. The molecule has 4 heteroatoms. The Morgan fingerprint density at radius 2 is 2.00 bits per heavy atom. The first-order chi connectivity index (χ1) is 8.22. The molecule has 92 valence electrons. The number of carbonyl (C=O) groups is 1. The van der Waals surface area contributed by atoms with Crippen molar-refractivity contribution in [2.45, 2.75) is 19.8 Å². The summed E-state index contributed by atoms with van der Waals surface area (Å²) in [6.45, 7) is 4.11. The lowest BCUT2D eigenvalue weighted by molar-refractivity contribution is -0.216. The van der Waals surface area contributed by atoms with Crippen LogP contribution in [0, 0.1) is 6.92 Å². The zero-order valence-electron chi connectivity index (χ0n) is 10.2. The van der Waals surface area contributed by atoms with Crippen LogP contribution in [0.25, 0.3) is 0 Å². The molecule has 0 N–H and O–H groups in total. The van der Waals surface area contributed by atoms with Crippen molar-refractivity contribution >= 4 is 11.7 Å². The van der Waals surface area contributed by atoms with Gasteiger partial charge in [0.1, 0.15) is 0 Å². The van der Waals surface area contributed by atoms with E-state index in [2.05, 4.69) is 14.7 Å². The highest BCUT2D eigenvalue weighted by molar-refractivity contribution is 5.91. The fourth-order valence-electron chi connectivity index (χ4n) is 2.17. The minimum atomic E-state index is -0.446. The molecule has 0 atom stereocenters. The minimum Gasteiger partial charge on any atom is -0.372 e. The molecule has 1 heterocycles.